The van der Waals surface area contributed by atoms with E-state index in [2.05, 4.69) is 26.2 Å². The third kappa shape index (κ3) is 4.31. The average molecular weight is 455 g/mol. The van der Waals surface area contributed by atoms with Crippen molar-refractivity contribution in [1.82, 2.24) is 19.5 Å². The van der Waals surface area contributed by atoms with Gasteiger partial charge in [0.25, 0.3) is 0 Å². The van der Waals surface area contributed by atoms with Crippen LogP contribution in [0.3, 0.4) is 0 Å². The molecule has 3 aromatic rings. The van der Waals surface area contributed by atoms with E-state index in [4.69, 9.17) is 9.52 Å². The number of rotatable bonds is 6. The summed E-state index contributed by atoms with van der Waals surface area (Å²) in [5.41, 5.74) is 4.52. The van der Waals surface area contributed by atoms with Gasteiger partial charge in [-0.25, -0.2) is 23.5 Å². The lowest BCUT2D eigenvalue weighted by molar-refractivity contribution is 0.256. The smallest absolute Gasteiger partial charge is 0.332 e. The Balaban J connectivity index is 1.64. The van der Waals surface area contributed by atoms with Crippen molar-refractivity contribution >= 4 is 21.6 Å². The molecule has 2 aromatic heterocycles. The molecule has 0 saturated carbocycles. The Morgan fingerprint density at radius 2 is 2.06 bits per heavy atom. The summed E-state index contributed by atoms with van der Waals surface area (Å²) in [5, 5.41) is 7.04. The molecule has 0 saturated heterocycles. The number of aromatic nitrogens is 3. The van der Waals surface area contributed by atoms with Gasteiger partial charge in [0.1, 0.15) is 0 Å². The second kappa shape index (κ2) is 8.62. The summed E-state index contributed by atoms with van der Waals surface area (Å²) in [6, 6.07) is 8.49. The number of anilines is 1. The first kappa shape index (κ1) is 21.8. The highest BCUT2D eigenvalue weighted by atomic mass is 32.2. The van der Waals surface area contributed by atoms with E-state index in [9.17, 15) is 9.00 Å². The maximum absolute atomic E-state index is 12.9. The van der Waals surface area contributed by atoms with Crippen LogP contribution >= 0.6 is 0 Å². The second-order valence-electron chi connectivity index (χ2n) is 7.91. The third-order valence-corrected chi connectivity index (χ3v) is 6.70. The van der Waals surface area contributed by atoms with Crippen LogP contribution in [0.5, 0.6) is 5.88 Å². The zero-order chi connectivity index (χ0) is 22.9. The predicted molar refractivity (Wildman–Crippen MR) is 122 cm³/mol. The Labute approximate surface area is 187 Å². The highest BCUT2D eigenvalue weighted by Gasteiger charge is 2.23. The van der Waals surface area contributed by atoms with Gasteiger partial charge in [-0.15, -0.1) is 0 Å². The lowest BCUT2D eigenvalue weighted by Crippen LogP contribution is -2.34. The van der Waals surface area contributed by atoms with E-state index in [1.807, 2.05) is 26.0 Å². The fourth-order valence-corrected chi connectivity index (χ4v) is 4.70. The number of fused-ring (bicyclic) bond motifs is 1. The number of urea groups is 1. The summed E-state index contributed by atoms with van der Waals surface area (Å²) in [6.07, 6.45) is 6.06. The van der Waals surface area contributed by atoms with Gasteiger partial charge < -0.3 is 10.1 Å². The van der Waals surface area contributed by atoms with Crippen molar-refractivity contribution in [2.24, 2.45) is 0 Å². The molecule has 2 heterocycles. The summed E-state index contributed by atoms with van der Waals surface area (Å²) in [6.45, 7) is 3.85. The summed E-state index contributed by atoms with van der Waals surface area (Å²) in [4.78, 5) is 17.0. The Hall–Kier alpha value is -3.40. The van der Waals surface area contributed by atoms with Crippen LogP contribution in [0.25, 0.3) is 11.1 Å². The van der Waals surface area contributed by atoms with Crippen LogP contribution in [0.15, 0.2) is 47.8 Å². The number of methoxy groups -OCH3 is 1. The van der Waals surface area contributed by atoms with Crippen LogP contribution in [0.4, 0.5) is 10.5 Å². The number of aryl methyl sites for hydroxylation is 1. The van der Waals surface area contributed by atoms with Crippen molar-refractivity contribution in [3.05, 3.63) is 53.9 Å². The minimum absolute atomic E-state index is 0.0127. The molecule has 32 heavy (non-hydrogen) atoms. The number of nitrogens with one attached hydrogen (secondary N) is 3. The van der Waals surface area contributed by atoms with Gasteiger partial charge in [-0.1, -0.05) is 12.1 Å². The van der Waals surface area contributed by atoms with Crippen LogP contribution < -0.4 is 14.8 Å². The molecule has 3 N–H and O–H groups in total. The molecule has 0 fully saturated rings. The van der Waals surface area contributed by atoms with Crippen LogP contribution in [0.2, 0.25) is 0 Å². The zero-order valence-corrected chi connectivity index (χ0v) is 19.0. The number of hydrogen-bond acceptors (Lipinski definition) is 6. The summed E-state index contributed by atoms with van der Waals surface area (Å²) < 4.78 is 30.2. The van der Waals surface area contributed by atoms with Crippen molar-refractivity contribution in [3.63, 3.8) is 0 Å². The Bertz CT molecular complexity index is 1270. The molecule has 0 bridgehead atoms. The lowest BCUT2D eigenvalue weighted by Gasteiger charge is -2.17. The van der Waals surface area contributed by atoms with Gasteiger partial charge in [0, 0.05) is 30.1 Å². The number of benzene rings is 1. The first-order valence-electron chi connectivity index (χ1n) is 10.4. The molecule has 0 unspecified atom stereocenters. The minimum Gasteiger partial charge on any atom is -0.481 e. The number of ether oxygens (including phenoxy) is 1. The molecule has 0 radical (unpaired) electrons. The fraction of sp³-hybridized carbons (Fsp3) is 0.318. The van der Waals surface area contributed by atoms with Crippen LogP contribution in [-0.4, -0.2) is 32.1 Å². The first-order valence-corrected chi connectivity index (χ1v) is 11.9. The van der Waals surface area contributed by atoms with Crippen molar-refractivity contribution in [3.8, 4) is 17.0 Å². The molecule has 168 valence electrons. The SMILES string of the molecule is COc1cc(-c2ccc3c(c2NC(=O)N[S@](=N)(=O)c2ccn(C(C)C)n2)CCC3)ccn1. The molecular weight excluding hydrogens is 428 g/mol. The summed E-state index contributed by atoms with van der Waals surface area (Å²) in [5.74, 6) is 0.466. The highest BCUT2D eigenvalue weighted by molar-refractivity contribution is 7.91. The van der Waals surface area contributed by atoms with Gasteiger partial charge in [0.2, 0.25) is 5.88 Å². The molecule has 10 heteroatoms. The summed E-state index contributed by atoms with van der Waals surface area (Å²) in [7, 11) is -2.07. The molecule has 1 aliphatic rings. The van der Waals surface area contributed by atoms with Crippen molar-refractivity contribution < 1.29 is 13.7 Å². The maximum Gasteiger partial charge on any atom is 0.332 e. The fourth-order valence-electron chi connectivity index (χ4n) is 3.82. The number of carbonyl (C=O) groups is 1. The third-order valence-electron chi connectivity index (χ3n) is 5.42. The van der Waals surface area contributed by atoms with Gasteiger partial charge in [-0.3, -0.25) is 4.68 Å². The predicted octanol–water partition coefficient (Wildman–Crippen LogP) is 4.17. The lowest BCUT2D eigenvalue weighted by atomic mass is 9.98. The van der Waals surface area contributed by atoms with Gasteiger partial charge in [0.15, 0.2) is 14.9 Å². The molecule has 4 rings (SSSR count). The molecule has 0 aliphatic heterocycles. The van der Waals surface area contributed by atoms with E-state index < -0.39 is 15.9 Å². The quantitative estimate of drug-likeness (QED) is 0.516. The second-order valence-corrected chi connectivity index (χ2v) is 9.64. The van der Waals surface area contributed by atoms with Crippen molar-refractivity contribution in [2.75, 3.05) is 12.4 Å². The van der Waals surface area contributed by atoms with E-state index in [1.165, 1.54) is 11.6 Å². The van der Waals surface area contributed by atoms with Gasteiger partial charge in [0.05, 0.1) is 12.8 Å². The highest BCUT2D eigenvalue weighted by Crippen LogP contribution is 2.38. The van der Waals surface area contributed by atoms with Gasteiger partial charge >= 0.3 is 6.03 Å². The number of amides is 2. The Morgan fingerprint density at radius 3 is 2.78 bits per heavy atom. The topological polar surface area (TPSA) is 122 Å². The van der Waals surface area contributed by atoms with E-state index in [0.717, 1.165) is 36.0 Å². The van der Waals surface area contributed by atoms with Gasteiger partial charge in [-0.2, -0.15) is 5.10 Å². The molecule has 1 atom stereocenters. The first-order chi connectivity index (χ1) is 15.3. The average Bonchev–Trinajstić information content (AvgIpc) is 3.44. The van der Waals surface area contributed by atoms with E-state index >= 15 is 0 Å². The zero-order valence-electron chi connectivity index (χ0n) is 18.2. The standard InChI is InChI=1S/C22H26N6O3S/c1-14(2)28-12-10-20(26-28)32(23,30)27-22(29)25-21-17-6-4-5-15(17)7-8-18(21)16-9-11-24-19(13-16)31-3/h7-14H,4-6H2,1-3H3,(H3,23,25,27,29,30)/t32-/m0/s1. The normalized spacial score (nSPS) is 14.6. The van der Waals surface area contributed by atoms with Crippen LogP contribution in [0, 0.1) is 4.78 Å². The molecule has 1 aromatic carbocycles. The Kier molecular flexibility index (Phi) is 5.88. The van der Waals surface area contributed by atoms with Crippen LogP contribution in [-0.2, 0) is 22.8 Å². The number of carbonyl (C=O) groups excluding carboxylic acids is 1. The van der Waals surface area contributed by atoms with Crippen molar-refractivity contribution in [2.45, 2.75) is 44.2 Å². The van der Waals surface area contributed by atoms with Gasteiger partial charge in [-0.05, 0) is 61.9 Å². The summed E-state index contributed by atoms with van der Waals surface area (Å²) >= 11 is 0. The molecule has 0 spiro atoms. The molecular formula is C22H26N6O3S. The maximum atomic E-state index is 12.9. The Morgan fingerprint density at radius 1 is 1.25 bits per heavy atom. The van der Waals surface area contributed by atoms with E-state index in [0.29, 0.717) is 11.6 Å². The monoisotopic (exact) mass is 454 g/mol. The molecule has 1 aliphatic carbocycles. The number of pyridine rings is 1. The molecule has 2 amide bonds. The van der Waals surface area contributed by atoms with Crippen molar-refractivity contribution in [1.29, 1.82) is 4.78 Å². The minimum atomic E-state index is -3.62. The largest absolute Gasteiger partial charge is 0.481 e. The van der Waals surface area contributed by atoms with E-state index in [1.54, 1.807) is 30.3 Å². The molecule has 9 nitrogen and oxygen atoms in total. The number of hydrogen-bond donors (Lipinski definition) is 3. The number of nitrogens with zero attached hydrogens (tertiary/aromatic N) is 3. The van der Waals surface area contributed by atoms with Crippen LogP contribution in [0.1, 0.15) is 37.4 Å². The van der Waals surface area contributed by atoms with E-state index in [-0.39, 0.29) is 11.1 Å².